The Balaban J connectivity index is 1.90. The molecule has 0 spiro atoms. The molecule has 0 amide bonds. The quantitative estimate of drug-likeness (QED) is 0.518. The third kappa shape index (κ3) is 3.87. The number of benzene rings is 1. The summed E-state index contributed by atoms with van der Waals surface area (Å²) in [6.45, 7) is 3.85. The van der Waals surface area contributed by atoms with Gasteiger partial charge in [0.05, 0.1) is 13.2 Å². The van der Waals surface area contributed by atoms with Gasteiger partial charge in [0.15, 0.2) is 0 Å². The number of fused-ring (bicyclic) bond motifs is 2. The molecule has 0 aromatic heterocycles. The summed E-state index contributed by atoms with van der Waals surface area (Å²) in [7, 11) is -3.66. The fraction of sp³-hybridized carbons (Fsp3) is 0.389. The first-order chi connectivity index (χ1) is 12.1. The second-order valence-corrected chi connectivity index (χ2v) is 7.26. The first kappa shape index (κ1) is 17.9. The third-order valence-corrected chi connectivity index (χ3v) is 5.52. The molecule has 0 saturated heterocycles. The molecule has 3 rings (SSSR count). The standard InChI is InChI=1S/C18H21O6P/c1-3-21-25(20,22-4-2)24-16-9-8-13-10-14-6-5-7-15(12-19)18(14)23-17(13)11-16/h8-12H,3-7H2,1-2H3. The van der Waals surface area contributed by atoms with Gasteiger partial charge in [-0.25, -0.2) is 4.57 Å². The average molecular weight is 364 g/mol. The summed E-state index contributed by atoms with van der Waals surface area (Å²) in [5, 5.41) is 0. The largest absolute Gasteiger partial charge is 0.530 e. The van der Waals surface area contributed by atoms with Crippen LogP contribution in [0, 0.1) is 0 Å². The number of phosphoric acid groups is 1. The Hall–Kier alpha value is -1.88. The summed E-state index contributed by atoms with van der Waals surface area (Å²) in [5.74, 6) is 1.51. The summed E-state index contributed by atoms with van der Waals surface area (Å²) in [5.41, 5.74) is 2.59. The molecule has 1 aliphatic heterocycles. The van der Waals surface area contributed by atoms with Crippen LogP contribution in [-0.2, 0) is 18.4 Å². The van der Waals surface area contributed by atoms with E-state index in [0.717, 1.165) is 30.3 Å². The zero-order chi connectivity index (χ0) is 17.9. The Bertz CT molecular complexity index is 770. The van der Waals surface area contributed by atoms with Gasteiger partial charge in [-0.3, -0.25) is 13.8 Å². The molecule has 1 aromatic carbocycles. The molecule has 1 heterocycles. The van der Waals surface area contributed by atoms with Gasteiger partial charge in [0, 0.05) is 17.2 Å². The van der Waals surface area contributed by atoms with E-state index in [1.807, 2.05) is 12.1 Å². The number of ether oxygens (including phenoxy) is 1. The molecule has 2 aliphatic rings. The molecule has 1 aromatic rings. The van der Waals surface area contributed by atoms with Crippen LogP contribution in [0.2, 0.25) is 0 Å². The van der Waals surface area contributed by atoms with E-state index in [4.69, 9.17) is 18.3 Å². The molecule has 0 bridgehead atoms. The highest BCUT2D eigenvalue weighted by molar-refractivity contribution is 7.48. The molecule has 0 atom stereocenters. The van der Waals surface area contributed by atoms with Crippen molar-refractivity contribution in [1.82, 2.24) is 0 Å². The molecule has 0 radical (unpaired) electrons. The average Bonchev–Trinajstić information content (AvgIpc) is 2.59. The maximum Gasteiger partial charge on any atom is 0.530 e. The van der Waals surface area contributed by atoms with Crippen LogP contribution in [0.1, 0.15) is 38.7 Å². The Morgan fingerprint density at radius 1 is 1.20 bits per heavy atom. The normalized spacial score (nSPS) is 16.5. The van der Waals surface area contributed by atoms with Crippen LogP contribution >= 0.6 is 7.82 Å². The van der Waals surface area contributed by atoms with E-state index in [-0.39, 0.29) is 13.2 Å². The topological polar surface area (TPSA) is 71.1 Å². The van der Waals surface area contributed by atoms with Crippen LogP contribution < -0.4 is 9.26 Å². The number of phosphoric ester groups is 1. The van der Waals surface area contributed by atoms with Crippen molar-refractivity contribution in [2.45, 2.75) is 33.1 Å². The molecule has 0 saturated carbocycles. The highest BCUT2D eigenvalue weighted by atomic mass is 31.2. The monoisotopic (exact) mass is 364 g/mol. The number of aldehydes is 1. The van der Waals surface area contributed by atoms with Crippen LogP contribution in [0.25, 0.3) is 6.08 Å². The first-order valence-corrected chi connectivity index (χ1v) is 9.84. The molecule has 0 N–H and O–H groups in total. The summed E-state index contributed by atoms with van der Waals surface area (Å²) < 4.78 is 34.2. The molecule has 134 valence electrons. The molecule has 1 aliphatic carbocycles. The predicted octanol–water partition coefficient (Wildman–Crippen LogP) is 4.66. The minimum Gasteiger partial charge on any atom is -0.456 e. The fourth-order valence-electron chi connectivity index (χ4n) is 2.90. The van der Waals surface area contributed by atoms with Gasteiger partial charge >= 0.3 is 7.82 Å². The zero-order valence-electron chi connectivity index (χ0n) is 14.3. The van der Waals surface area contributed by atoms with Gasteiger partial charge in [-0.15, -0.1) is 0 Å². The maximum atomic E-state index is 12.5. The predicted molar refractivity (Wildman–Crippen MR) is 93.5 cm³/mol. The van der Waals surface area contributed by atoms with E-state index in [1.165, 1.54) is 0 Å². The lowest BCUT2D eigenvalue weighted by Gasteiger charge is -2.26. The van der Waals surface area contributed by atoms with Crippen molar-refractivity contribution in [3.05, 3.63) is 40.7 Å². The number of hydrogen-bond acceptors (Lipinski definition) is 6. The van der Waals surface area contributed by atoms with Crippen molar-refractivity contribution in [3.63, 3.8) is 0 Å². The van der Waals surface area contributed by atoms with E-state index in [1.54, 1.807) is 26.0 Å². The summed E-state index contributed by atoms with van der Waals surface area (Å²) in [6, 6.07) is 5.16. The number of allylic oxidation sites excluding steroid dienone is 2. The lowest BCUT2D eigenvalue weighted by atomic mass is 9.91. The van der Waals surface area contributed by atoms with Gasteiger partial charge in [0.25, 0.3) is 0 Å². The van der Waals surface area contributed by atoms with Crippen LogP contribution in [0.15, 0.2) is 35.1 Å². The molecule has 6 nitrogen and oxygen atoms in total. The maximum absolute atomic E-state index is 12.5. The Morgan fingerprint density at radius 3 is 2.64 bits per heavy atom. The minimum atomic E-state index is -3.66. The van der Waals surface area contributed by atoms with E-state index in [2.05, 4.69) is 0 Å². The first-order valence-electron chi connectivity index (χ1n) is 8.38. The van der Waals surface area contributed by atoms with Crippen molar-refractivity contribution in [3.8, 4) is 11.5 Å². The number of carbonyl (C=O) groups is 1. The van der Waals surface area contributed by atoms with Gasteiger partial charge in [0.2, 0.25) is 0 Å². The van der Waals surface area contributed by atoms with Crippen molar-refractivity contribution in [1.29, 1.82) is 0 Å². The Kier molecular flexibility index (Phi) is 5.42. The molecule has 0 fully saturated rings. The van der Waals surface area contributed by atoms with E-state index >= 15 is 0 Å². The van der Waals surface area contributed by atoms with E-state index in [0.29, 0.717) is 29.3 Å². The number of rotatable bonds is 7. The lowest BCUT2D eigenvalue weighted by Crippen LogP contribution is -2.13. The molecule has 0 unspecified atom stereocenters. The van der Waals surface area contributed by atoms with Crippen LogP contribution in [-0.4, -0.2) is 19.5 Å². The minimum absolute atomic E-state index is 0.209. The Morgan fingerprint density at radius 2 is 1.96 bits per heavy atom. The van der Waals surface area contributed by atoms with Gasteiger partial charge in [0.1, 0.15) is 23.5 Å². The van der Waals surface area contributed by atoms with Gasteiger partial charge in [-0.1, -0.05) is 0 Å². The van der Waals surface area contributed by atoms with Crippen molar-refractivity contribution < 1.29 is 27.7 Å². The zero-order valence-corrected chi connectivity index (χ0v) is 15.2. The van der Waals surface area contributed by atoms with E-state index < -0.39 is 7.82 Å². The van der Waals surface area contributed by atoms with Gasteiger partial charge in [-0.05, 0) is 56.9 Å². The summed E-state index contributed by atoms with van der Waals surface area (Å²) in [6.07, 6.45) is 5.41. The smallest absolute Gasteiger partial charge is 0.456 e. The van der Waals surface area contributed by atoms with Crippen LogP contribution in [0.4, 0.5) is 0 Å². The SMILES string of the molecule is CCOP(=O)(OCC)Oc1ccc2c(c1)OC1=C(C=O)CCCC1=C2. The van der Waals surface area contributed by atoms with Gasteiger partial charge < -0.3 is 9.26 Å². The van der Waals surface area contributed by atoms with Crippen molar-refractivity contribution in [2.24, 2.45) is 0 Å². The molecular formula is C18H21O6P. The highest BCUT2D eigenvalue weighted by Crippen LogP contribution is 2.50. The number of carbonyl (C=O) groups excluding carboxylic acids is 1. The van der Waals surface area contributed by atoms with E-state index in [9.17, 15) is 9.36 Å². The van der Waals surface area contributed by atoms with Crippen LogP contribution in [0.3, 0.4) is 0 Å². The molecule has 25 heavy (non-hydrogen) atoms. The van der Waals surface area contributed by atoms with Crippen molar-refractivity contribution in [2.75, 3.05) is 13.2 Å². The molecular weight excluding hydrogens is 343 g/mol. The molecule has 7 heteroatoms. The highest BCUT2D eigenvalue weighted by Gasteiger charge is 2.29. The summed E-state index contributed by atoms with van der Waals surface area (Å²) >= 11 is 0. The second kappa shape index (κ2) is 7.56. The Labute approximate surface area is 147 Å². The third-order valence-electron chi connectivity index (χ3n) is 3.94. The number of hydrogen-bond donors (Lipinski definition) is 0. The van der Waals surface area contributed by atoms with Crippen LogP contribution in [0.5, 0.6) is 11.5 Å². The van der Waals surface area contributed by atoms with Crippen molar-refractivity contribution >= 4 is 20.2 Å². The summed E-state index contributed by atoms with van der Waals surface area (Å²) in [4.78, 5) is 11.3. The fourth-order valence-corrected chi connectivity index (χ4v) is 4.08. The second-order valence-electron chi connectivity index (χ2n) is 5.67. The van der Waals surface area contributed by atoms with Gasteiger partial charge in [-0.2, -0.15) is 0 Å². The lowest BCUT2D eigenvalue weighted by molar-refractivity contribution is -0.105.